The minimum atomic E-state index is 0.0853. The van der Waals surface area contributed by atoms with Gasteiger partial charge in [-0.05, 0) is 36.7 Å². The molecule has 0 aliphatic heterocycles. The summed E-state index contributed by atoms with van der Waals surface area (Å²) in [6.07, 6.45) is 1.34. The lowest BCUT2D eigenvalue weighted by Crippen LogP contribution is -2.28. The van der Waals surface area contributed by atoms with Gasteiger partial charge in [0.25, 0.3) is 0 Å². The third kappa shape index (κ3) is 6.53. The van der Waals surface area contributed by atoms with Crippen LogP contribution in [0.4, 0.5) is 0 Å². The lowest BCUT2D eigenvalue weighted by atomic mass is 10.1. The molecule has 0 aliphatic carbocycles. The number of rotatable bonds is 9. The SMILES string of the molecule is CNCCC(=O)NCCc1ccc(OCc2ccccc2)cc1. The number of ether oxygens (including phenoxy) is 1. The Labute approximate surface area is 137 Å². The molecule has 0 heterocycles. The summed E-state index contributed by atoms with van der Waals surface area (Å²) in [5, 5.41) is 5.88. The summed E-state index contributed by atoms with van der Waals surface area (Å²) in [5.41, 5.74) is 2.34. The molecular formula is C19H24N2O2. The van der Waals surface area contributed by atoms with Crippen LogP contribution in [0.15, 0.2) is 54.6 Å². The van der Waals surface area contributed by atoms with Gasteiger partial charge in [-0.2, -0.15) is 0 Å². The van der Waals surface area contributed by atoms with Crippen LogP contribution in [0.25, 0.3) is 0 Å². The van der Waals surface area contributed by atoms with E-state index >= 15 is 0 Å². The number of hydrogen-bond acceptors (Lipinski definition) is 3. The van der Waals surface area contributed by atoms with E-state index in [2.05, 4.69) is 10.6 Å². The lowest BCUT2D eigenvalue weighted by Gasteiger charge is -2.08. The molecule has 0 unspecified atom stereocenters. The standard InChI is InChI=1S/C19H24N2O2/c1-20-13-12-19(22)21-14-11-16-7-9-18(10-8-16)23-15-17-5-3-2-4-6-17/h2-10,20H,11-15H2,1H3,(H,21,22). The molecule has 23 heavy (non-hydrogen) atoms. The number of amides is 1. The van der Waals surface area contributed by atoms with Crippen LogP contribution in [0.3, 0.4) is 0 Å². The third-order valence-corrected chi connectivity index (χ3v) is 3.51. The number of carbonyl (C=O) groups is 1. The van der Waals surface area contributed by atoms with Crippen molar-refractivity contribution in [3.8, 4) is 5.75 Å². The van der Waals surface area contributed by atoms with E-state index in [0.29, 0.717) is 26.1 Å². The minimum Gasteiger partial charge on any atom is -0.489 e. The van der Waals surface area contributed by atoms with Crippen LogP contribution < -0.4 is 15.4 Å². The number of benzene rings is 2. The minimum absolute atomic E-state index is 0.0853. The average molecular weight is 312 g/mol. The topological polar surface area (TPSA) is 50.4 Å². The normalized spacial score (nSPS) is 10.3. The molecule has 0 spiro atoms. The fraction of sp³-hybridized carbons (Fsp3) is 0.316. The van der Waals surface area contributed by atoms with Crippen LogP contribution in [0, 0.1) is 0 Å². The van der Waals surface area contributed by atoms with Gasteiger partial charge in [0, 0.05) is 19.5 Å². The van der Waals surface area contributed by atoms with Crippen LogP contribution >= 0.6 is 0 Å². The summed E-state index contributed by atoms with van der Waals surface area (Å²) < 4.78 is 5.76. The number of nitrogens with one attached hydrogen (secondary N) is 2. The second-order valence-electron chi connectivity index (χ2n) is 5.37. The zero-order chi connectivity index (χ0) is 16.3. The molecule has 122 valence electrons. The second-order valence-corrected chi connectivity index (χ2v) is 5.37. The highest BCUT2D eigenvalue weighted by atomic mass is 16.5. The molecule has 2 aromatic rings. The van der Waals surface area contributed by atoms with Gasteiger partial charge in [-0.25, -0.2) is 0 Å². The van der Waals surface area contributed by atoms with Crippen LogP contribution in [-0.4, -0.2) is 26.0 Å². The Morgan fingerprint density at radius 3 is 2.39 bits per heavy atom. The van der Waals surface area contributed by atoms with Gasteiger partial charge in [-0.15, -0.1) is 0 Å². The van der Waals surface area contributed by atoms with Crippen molar-refractivity contribution < 1.29 is 9.53 Å². The Balaban J connectivity index is 1.71. The van der Waals surface area contributed by atoms with Crippen molar-refractivity contribution in [3.05, 3.63) is 65.7 Å². The van der Waals surface area contributed by atoms with Gasteiger partial charge in [0.2, 0.25) is 5.91 Å². The van der Waals surface area contributed by atoms with Gasteiger partial charge >= 0.3 is 0 Å². The Kier molecular flexibility index (Phi) is 7.14. The summed E-state index contributed by atoms with van der Waals surface area (Å²) in [7, 11) is 1.84. The zero-order valence-corrected chi connectivity index (χ0v) is 13.5. The number of carbonyl (C=O) groups excluding carboxylic acids is 1. The predicted molar refractivity (Wildman–Crippen MR) is 92.5 cm³/mol. The maximum absolute atomic E-state index is 11.5. The Hall–Kier alpha value is -2.33. The van der Waals surface area contributed by atoms with Gasteiger partial charge < -0.3 is 15.4 Å². The molecule has 0 saturated heterocycles. The maximum atomic E-state index is 11.5. The molecule has 0 radical (unpaired) electrons. The smallest absolute Gasteiger partial charge is 0.221 e. The first-order valence-corrected chi connectivity index (χ1v) is 7.95. The van der Waals surface area contributed by atoms with E-state index in [1.807, 2.05) is 61.6 Å². The van der Waals surface area contributed by atoms with E-state index in [-0.39, 0.29) is 5.91 Å². The molecule has 0 saturated carbocycles. The molecule has 1 amide bonds. The van der Waals surface area contributed by atoms with E-state index in [4.69, 9.17) is 4.74 Å². The van der Waals surface area contributed by atoms with E-state index in [1.54, 1.807) is 0 Å². The van der Waals surface area contributed by atoms with Crippen LogP contribution in [-0.2, 0) is 17.8 Å². The Morgan fingerprint density at radius 2 is 1.70 bits per heavy atom. The molecule has 0 atom stereocenters. The number of hydrogen-bond donors (Lipinski definition) is 2. The van der Waals surface area contributed by atoms with Crippen molar-refractivity contribution in [2.75, 3.05) is 20.1 Å². The fourth-order valence-corrected chi connectivity index (χ4v) is 2.17. The molecule has 4 nitrogen and oxygen atoms in total. The molecule has 0 aliphatic rings. The van der Waals surface area contributed by atoms with Crippen molar-refractivity contribution in [2.24, 2.45) is 0 Å². The molecule has 0 fully saturated rings. The first kappa shape index (κ1) is 17.0. The molecule has 0 aromatic heterocycles. The predicted octanol–water partition coefficient (Wildman–Crippen LogP) is 2.53. The first-order valence-electron chi connectivity index (χ1n) is 7.95. The highest BCUT2D eigenvalue weighted by Crippen LogP contribution is 2.14. The second kappa shape index (κ2) is 9.64. The van der Waals surface area contributed by atoms with Gasteiger partial charge in [0.15, 0.2) is 0 Å². The Morgan fingerprint density at radius 1 is 0.957 bits per heavy atom. The van der Waals surface area contributed by atoms with Crippen LogP contribution in [0.2, 0.25) is 0 Å². The summed E-state index contributed by atoms with van der Waals surface area (Å²) in [6, 6.07) is 18.1. The van der Waals surface area contributed by atoms with Crippen molar-refractivity contribution in [2.45, 2.75) is 19.4 Å². The summed E-state index contributed by atoms with van der Waals surface area (Å²) in [6.45, 7) is 1.94. The van der Waals surface area contributed by atoms with Gasteiger partial charge in [0.1, 0.15) is 12.4 Å². The largest absolute Gasteiger partial charge is 0.489 e. The lowest BCUT2D eigenvalue weighted by molar-refractivity contribution is -0.120. The summed E-state index contributed by atoms with van der Waals surface area (Å²) >= 11 is 0. The molecule has 2 N–H and O–H groups in total. The van der Waals surface area contributed by atoms with E-state index in [1.165, 1.54) is 5.56 Å². The zero-order valence-electron chi connectivity index (χ0n) is 13.5. The van der Waals surface area contributed by atoms with Gasteiger partial charge in [-0.1, -0.05) is 42.5 Å². The van der Waals surface area contributed by atoms with Crippen LogP contribution in [0.1, 0.15) is 17.5 Å². The van der Waals surface area contributed by atoms with Gasteiger partial charge in [-0.3, -0.25) is 4.79 Å². The van der Waals surface area contributed by atoms with Gasteiger partial charge in [0.05, 0.1) is 0 Å². The summed E-state index contributed by atoms with van der Waals surface area (Å²) in [5.74, 6) is 0.942. The van der Waals surface area contributed by atoms with E-state index < -0.39 is 0 Å². The summed E-state index contributed by atoms with van der Waals surface area (Å²) in [4.78, 5) is 11.5. The highest BCUT2D eigenvalue weighted by Gasteiger charge is 2.01. The van der Waals surface area contributed by atoms with E-state index in [0.717, 1.165) is 17.7 Å². The van der Waals surface area contributed by atoms with Crippen LogP contribution in [0.5, 0.6) is 5.75 Å². The van der Waals surface area contributed by atoms with Crippen molar-refractivity contribution in [3.63, 3.8) is 0 Å². The van der Waals surface area contributed by atoms with E-state index in [9.17, 15) is 4.79 Å². The fourth-order valence-electron chi connectivity index (χ4n) is 2.17. The highest BCUT2D eigenvalue weighted by molar-refractivity contribution is 5.76. The molecule has 4 heteroatoms. The van der Waals surface area contributed by atoms with Crippen molar-refractivity contribution in [1.29, 1.82) is 0 Å². The van der Waals surface area contributed by atoms with Crippen molar-refractivity contribution in [1.82, 2.24) is 10.6 Å². The monoisotopic (exact) mass is 312 g/mol. The molecular weight excluding hydrogens is 288 g/mol. The quantitative estimate of drug-likeness (QED) is 0.748. The molecule has 0 bridgehead atoms. The third-order valence-electron chi connectivity index (χ3n) is 3.51. The molecule has 2 rings (SSSR count). The van der Waals surface area contributed by atoms with Crippen molar-refractivity contribution >= 4 is 5.91 Å². The maximum Gasteiger partial charge on any atom is 0.221 e. The average Bonchev–Trinajstić information content (AvgIpc) is 2.60. The Bertz CT molecular complexity index is 582. The molecule has 2 aromatic carbocycles. The first-order chi connectivity index (χ1) is 11.3.